The van der Waals surface area contributed by atoms with E-state index in [1.165, 1.54) is 0 Å². The Labute approximate surface area is 96.5 Å². The largest absolute Gasteiger partial charge is 0.342 e. The highest BCUT2D eigenvalue weighted by Gasteiger charge is 2.09. The predicted octanol–water partition coefficient (Wildman–Crippen LogP) is 1.28. The normalized spacial score (nSPS) is 10.1. The first kappa shape index (κ1) is 12.6. The van der Waals surface area contributed by atoms with Crippen LogP contribution in [0.3, 0.4) is 0 Å². The minimum atomic E-state index is 0.0511. The molecule has 1 aromatic rings. The zero-order chi connectivity index (χ0) is 11.8. The van der Waals surface area contributed by atoms with Gasteiger partial charge in [-0.15, -0.1) is 0 Å². The number of hydrogen-bond acceptors (Lipinski definition) is 3. The Hall–Kier alpha value is -1.42. The molecule has 4 nitrogen and oxygen atoms in total. The van der Waals surface area contributed by atoms with Crippen molar-refractivity contribution in [1.82, 2.24) is 9.88 Å². The van der Waals surface area contributed by atoms with E-state index < -0.39 is 0 Å². The summed E-state index contributed by atoms with van der Waals surface area (Å²) in [6.07, 6.45) is 6.37. The van der Waals surface area contributed by atoms with Crippen molar-refractivity contribution in [3.63, 3.8) is 0 Å². The molecule has 0 fully saturated rings. The molecule has 1 amide bonds. The number of unbranched alkanes of at least 4 members (excludes halogenated alkanes) is 2. The topological polar surface area (TPSA) is 59.2 Å². The maximum Gasteiger partial charge on any atom is 0.253 e. The van der Waals surface area contributed by atoms with E-state index in [1.807, 2.05) is 7.05 Å². The van der Waals surface area contributed by atoms with Crippen molar-refractivity contribution in [2.75, 3.05) is 20.1 Å². The number of rotatable bonds is 6. The van der Waals surface area contributed by atoms with Crippen molar-refractivity contribution in [3.8, 4) is 0 Å². The molecule has 16 heavy (non-hydrogen) atoms. The van der Waals surface area contributed by atoms with Crippen molar-refractivity contribution >= 4 is 5.91 Å². The smallest absolute Gasteiger partial charge is 0.253 e. The Morgan fingerprint density at radius 2 is 2.00 bits per heavy atom. The van der Waals surface area contributed by atoms with Gasteiger partial charge < -0.3 is 10.6 Å². The number of pyridine rings is 1. The molecule has 0 atom stereocenters. The molecule has 2 N–H and O–H groups in total. The van der Waals surface area contributed by atoms with Crippen LogP contribution in [0.1, 0.15) is 29.6 Å². The van der Waals surface area contributed by atoms with Gasteiger partial charge in [0.2, 0.25) is 0 Å². The Morgan fingerprint density at radius 1 is 1.31 bits per heavy atom. The lowest BCUT2D eigenvalue weighted by molar-refractivity contribution is 0.0792. The molecule has 0 unspecified atom stereocenters. The highest BCUT2D eigenvalue weighted by atomic mass is 16.2. The summed E-state index contributed by atoms with van der Waals surface area (Å²) in [5.41, 5.74) is 6.10. The van der Waals surface area contributed by atoms with Crippen LogP contribution < -0.4 is 5.73 Å². The van der Waals surface area contributed by atoms with Crippen molar-refractivity contribution in [2.24, 2.45) is 5.73 Å². The molecule has 0 aliphatic carbocycles. The van der Waals surface area contributed by atoms with Gasteiger partial charge in [0.05, 0.1) is 0 Å². The van der Waals surface area contributed by atoms with Gasteiger partial charge in [-0.25, -0.2) is 0 Å². The van der Waals surface area contributed by atoms with Gasteiger partial charge in [-0.2, -0.15) is 0 Å². The number of amides is 1. The van der Waals surface area contributed by atoms with Gasteiger partial charge in [0.15, 0.2) is 0 Å². The average molecular weight is 221 g/mol. The van der Waals surface area contributed by atoms with Crippen LogP contribution in [0.2, 0.25) is 0 Å². The van der Waals surface area contributed by atoms with Crippen LogP contribution in [0.4, 0.5) is 0 Å². The van der Waals surface area contributed by atoms with Crippen molar-refractivity contribution in [3.05, 3.63) is 30.1 Å². The van der Waals surface area contributed by atoms with E-state index >= 15 is 0 Å². The van der Waals surface area contributed by atoms with Crippen LogP contribution in [0.15, 0.2) is 24.5 Å². The summed E-state index contributed by atoms with van der Waals surface area (Å²) in [6, 6.07) is 3.47. The van der Waals surface area contributed by atoms with Crippen molar-refractivity contribution in [2.45, 2.75) is 19.3 Å². The lowest BCUT2D eigenvalue weighted by Crippen LogP contribution is -2.27. The molecule has 0 aliphatic rings. The van der Waals surface area contributed by atoms with Gasteiger partial charge in [-0.1, -0.05) is 6.42 Å². The van der Waals surface area contributed by atoms with E-state index in [0.717, 1.165) is 32.4 Å². The number of nitrogens with two attached hydrogens (primary N) is 1. The maximum absolute atomic E-state index is 11.9. The first-order valence-electron chi connectivity index (χ1n) is 5.61. The quantitative estimate of drug-likeness (QED) is 0.736. The van der Waals surface area contributed by atoms with E-state index in [-0.39, 0.29) is 5.91 Å². The molecule has 4 heteroatoms. The van der Waals surface area contributed by atoms with Crippen LogP contribution >= 0.6 is 0 Å². The summed E-state index contributed by atoms with van der Waals surface area (Å²) in [5.74, 6) is 0.0511. The standard InChI is InChI=1S/C12H19N3O/c1-15(10-4-2-3-7-13)12(16)11-5-8-14-9-6-11/h5-6,8-9H,2-4,7,10,13H2,1H3. The van der Waals surface area contributed by atoms with Crippen LogP contribution in [0, 0.1) is 0 Å². The van der Waals surface area contributed by atoms with Crippen molar-refractivity contribution < 1.29 is 4.79 Å². The molecule has 0 spiro atoms. The average Bonchev–Trinajstić information content (AvgIpc) is 2.34. The van der Waals surface area contributed by atoms with Gasteiger partial charge in [0.25, 0.3) is 5.91 Å². The molecule has 0 radical (unpaired) electrons. The molecule has 0 aromatic carbocycles. The first-order chi connectivity index (χ1) is 7.75. The van der Waals surface area contributed by atoms with Crippen LogP contribution in [0.25, 0.3) is 0 Å². The predicted molar refractivity (Wildman–Crippen MR) is 64.1 cm³/mol. The fourth-order valence-corrected chi connectivity index (χ4v) is 1.49. The minimum absolute atomic E-state index is 0.0511. The summed E-state index contributed by atoms with van der Waals surface area (Å²) < 4.78 is 0. The third-order valence-corrected chi connectivity index (χ3v) is 2.47. The number of carbonyl (C=O) groups is 1. The zero-order valence-corrected chi connectivity index (χ0v) is 9.72. The fraction of sp³-hybridized carbons (Fsp3) is 0.500. The van der Waals surface area contributed by atoms with Crippen LogP contribution in [0.5, 0.6) is 0 Å². The molecule has 0 saturated carbocycles. The van der Waals surface area contributed by atoms with Gasteiger partial charge >= 0.3 is 0 Å². The SMILES string of the molecule is CN(CCCCCN)C(=O)c1ccncc1. The molecule has 1 rings (SSSR count). The number of carbonyl (C=O) groups excluding carboxylic acids is 1. The van der Waals surface area contributed by atoms with Crippen LogP contribution in [-0.2, 0) is 0 Å². The first-order valence-corrected chi connectivity index (χ1v) is 5.61. The van der Waals surface area contributed by atoms with Gasteiger partial charge in [0, 0.05) is 31.5 Å². The van der Waals surface area contributed by atoms with E-state index in [0.29, 0.717) is 5.56 Å². The second kappa shape index (κ2) is 6.95. The maximum atomic E-state index is 11.9. The lowest BCUT2D eigenvalue weighted by Gasteiger charge is -2.16. The van der Waals surface area contributed by atoms with Gasteiger partial charge in [-0.05, 0) is 31.5 Å². The minimum Gasteiger partial charge on any atom is -0.342 e. The molecule has 88 valence electrons. The summed E-state index contributed by atoms with van der Waals surface area (Å²) >= 11 is 0. The molecular formula is C12H19N3O. The number of hydrogen-bond donors (Lipinski definition) is 1. The third-order valence-electron chi connectivity index (χ3n) is 2.47. The van der Waals surface area contributed by atoms with E-state index in [1.54, 1.807) is 29.4 Å². The second-order valence-corrected chi connectivity index (χ2v) is 3.81. The summed E-state index contributed by atoms with van der Waals surface area (Å²) in [4.78, 5) is 17.5. The number of nitrogens with zero attached hydrogens (tertiary/aromatic N) is 2. The Balaban J connectivity index is 2.37. The van der Waals surface area contributed by atoms with E-state index in [9.17, 15) is 4.79 Å². The highest BCUT2D eigenvalue weighted by molar-refractivity contribution is 5.93. The molecule has 0 bridgehead atoms. The Kier molecular flexibility index (Phi) is 5.50. The van der Waals surface area contributed by atoms with Gasteiger partial charge in [-0.3, -0.25) is 9.78 Å². The zero-order valence-electron chi connectivity index (χ0n) is 9.72. The Bertz CT molecular complexity index is 313. The summed E-state index contributed by atoms with van der Waals surface area (Å²) in [7, 11) is 1.82. The summed E-state index contributed by atoms with van der Waals surface area (Å²) in [6.45, 7) is 1.50. The fourth-order valence-electron chi connectivity index (χ4n) is 1.49. The molecule has 0 aliphatic heterocycles. The highest BCUT2D eigenvalue weighted by Crippen LogP contribution is 2.03. The molecule has 1 aromatic heterocycles. The Morgan fingerprint density at radius 3 is 2.62 bits per heavy atom. The summed E-state index contributed by atoms with van der Waals surface area (Å²) in [5, 5.41) is 0. The van der Waals surface area contributed by atoms with Gasteiger partial charge in [0.1, 0.15) is 0 Å². The molecule has 1 heterocycles. The van der Waals surface area contributed by atoms with Crippen molar-refractivity contribution in [1.29, 1.82) is 0 Å². The monoisotopic (exact) mass is 221 g/mol. The molecule has 0 saturated heterocycles. The third kappa shape index (κ3) is 3.98. The lowest BCUT2D eigenvalue weighted by atomic mass is 10.2. The van der Waals surface area contributed by atoms with E-state index in [2.05, 4.69) is 4.98 Å². The molecular weight excluding hydrogens is 202 g/mol. The number of aromatic nitrogens is 1. The second-order valence-electron chi connectivity index (χ2n) is 3.81. The van der Waals surface area contributed by atoms with E-state index in [4.69, 9.17) is 5.73 Å². The van der Waals surface area contributed by atoms with Crippen LogP contribution in [-0.4, -0.2) is 35.9 Å².